The zero-order valence-corrected chi connectivity index (χ0v) is 13.1. The molecule has 22 heavy (non-hydrogen) atoms. The average Bonchev–Trinajstić information content (AvgIpc) is 2.47. The van der Waals surface area contributed by atoms with E-state index in [1.807, 2.05) is 38.1 Å². The van der Waals surface area contributed by atoms with Crippen LogP contribution in [0, 0.1) is 13.8 Å². The second-order valence-corrected chi connectivity index (χ2v) is 5.22. The number of rotatable bonds is 3. The van der Waals surface area contributed by atoms with Crippen LogP contribution in [0.5, 0.6) is 11.5 Å². The lowest BCUT2D eigenvalue weighted by atomic mass is 9.99. The Bertz CT molecular complexity index is 787. The van der Waals surface area contributed by atoms with E-state index in [9.17, 15) is 9.59 Å². The summed E-state index contributed by atoms with van der Waals surface area (Å²) in [4.78, 5) is 23.2. The normalized spacial score (nSPS) is 10.4. The third-order valence-electron chi connectivity index (χ3n) is 3.45. The van der Waals surface area contributed by atoms with E-state index in [0.29, 0.717) is 17.1 Å². The van der Waals surface area contributed by atoms with Crippen molar-refractivity contribution >= 4 is 22.7 Å². The zero-order valence-electron chi connectivity index (χ0n) is 13.1. The minimum absolute atomic E-state index is 0.324. The number of carbonyl (C=O) groups excluding carboxylic acids is 2. The summed E-state index contributed by atoms with van der Waals surface area (Å²) in [5, 5.41) is 1.45. The first-order valence-electron chi connectivity index (χ1n) is 6.91. The van der Waals surface area contributed by atoms with Gasteiger partial charge in [0, 0.05) is 23.3 Å². The van der Waals surface area contributed by atoms with Crippen molar-refractivity contribution in [2.24, 2.45) is 0 Å². The highest BCUT2D eigenvalue weighted by molar-refractivity contribution is 6.00. The maximum atomic E-state index is 11.9. The molecule has 0 aliphatic rings. The molecule has 114 valence electrons. The lowest BCUT2D eigenvalue weighted by Gasteiger charge is -2.17. The predicted molar refractivity (Wildman–Crippen MR) is 85.2 cm³/mol. The van der Waals surface area contributed by atoms with Crippen LogP contribution in [0.3, 0.4) is 0 Å². The Morgan fingerprint density at radius 3 is 1.77 bits per heavy atom. The molecule has 0 heterocycles. The molecule has 4 heteroatoms. The van der Waals surface area contributed by atoms with Crippen LogP contribution >= 0.6 is 0 Å². The van der Waals surface area contributed by atoms with E-state index >= 15 is 0 Å². The van der Waals surface area contributed by atoms with E-state index in [-0.39, 0.29) is 5.97 Å². The monoisotopic (exact) mass is 298 g/mol. The quantitative estimate of drug-likeness (QED) is 0.490. The van der Waals surface area contributed by atoms with Gasteiger partial charge in [0.1, 0.15) is 11.5 Å². The Kier molecular flexibility index (Phi) is 4.31. The van der Waals surface area contributed by atoms with E-state index < -0.39 is 5.97 Å². The molecule has 0 aromatic heterocycles. The Labute approximate surface area is 129 Å². The van der Waals surface area contributed by atoms with Crippen LogP contribution in [0.15, 0.2) is 36.4 Å². The van der Waals surface area contributed by atoms with Gasteiger partial charge in [-0.2, -0.15) is 0 Å². The minimum Gasteiger partial charge on any atom is -0.426 e. The maximum absolute atomic E-state index is 11.9. The number of benzene rings is 2. The van der Waals surface area contributed by atoms with Crippen LogP contribution in [0.2, 0.25) is 0 Å². The summed E-state index contributed by atoms with van der Waals surface area (Å²) in [6.45, 7) is 10.2. The van der Waals surface area contributed by atoms with E-state index in [1.54, 1.807) is 6.92 Å². The number of esters is 2. The third kappa shape index (κ3) is 2.86. The molecule has 4 nitrogen and oxygen atoms in total. The largest absolute Gasteiger partial charge is 0.426 e. The van der Waals surface area contributed by atoms with Gasteiger partial charge in [-0.1, -0.05) is 30.8 Å². The van der Waals surface area contributed by atoms with Gasteiger partial charge in [-0.15, -0.1) is 0 Å². The Hall–Kier alpha value is -2.62. The van der Waals surface area contributed by atoms with E-state index in [2.05, 4.69) is 6.58 Å². The molecule has 0 amide bonds. The van der Waals surface area contributed by atoms with E-state index in [0.717, 1.165) is 21.9 Å². The van der Waals surface area contributed by atoms with E-state index in [1.165, 1.54) is 6.92 Å². The van der Waals surface area contributed by atoms with E-state index in [4.69, 9.17) is 9.47 Å². The highest BCUT2D eigenvalue weighted by Gasteiger charge is 2.19. The Morgan fingerprint density at radius 1 is 0.909 bits per heavy atom. The van der Waals surface area contributed by atoms with Gasteiger partial charge in [-0.3, -0.25) is 4.79 Å². The fourth-order valence-electron chi connectivity index (χ4n) is 2.21. The summed E-state index contributed by atoms with van der Waals surface area (Å²) < 4.78 is 10.8. The van der Waals surface area contributed by atoms with Crippen molar-refractivity contribution in [3.63, 3.8) is 0 Å². The number of hydrogen-bond donors (Lipinski definition) is 0. The fourth-order valence-corrected chi connectivity index (χ4v) is 2.21. The summed E-state index contributed by atoms with van der Waals surface area (Å²) in [6, 6.07) is 7.34. The van der Waals surface area contributed by atoms with Gasteiger partial charge in [0.05, 0.1) is 0 Å². The zero-order chi connectivity index (χ0) is 16.4. The van der Waals surface area contributed by atoms with Crippen LogP contribution in [0.4, 0.5) is 0 Å². The maximum Gasteiger partial charge on any atom is 0.338 e. The molecule has 0 fully saturated rings. The predicted octanol–water partition coefficient (Wildman–Crippen LogP) is 3.86. The molecule has 2 aromatic rings. The van der Waals surface area contributed by atoms with Gasteiger partial charge >= 0.3 is 11.9 Å². The molecular formula is C18H18O4. The summed E-state index contributed by atoms with van der Waals surface area (Å²) >= 11 is 0. The Morgan fingerprint density at radius 2 is 1.36 bits per heavy atom. The molecule has 0 aliphatic heterocycles. The van der Waals surface area contributed by atoms with Crippen molar-refractivity contribution in [2.75, 3.05) is 0 Å². The molecule has 2 aromatic carbocycles. The average molecular weight is 298 g/mol. The van der Waals surface area contributed by atoms with Crippen LogP contribution in [0.25, 0.3) is 10.8 Å². The van der Waals surface area contributed by atoms with Crippen molar-refractivity contribution in [3.8, 4) is 11.5 Å². The molecule has 0 aliphatic carbocycles. The van der Waals surface area contributed by atoms with Crippen molar-refractivity contribution in [1.29, 1.82) is 0 Å². The van der Waals surface area contributed by atoms with Crippen LogP contribution in [0.1, 0.15) is 25.0 Å². The van der Waals surface area contributed by atoms with Gasteiger partial charge in [-0.05, 0) is 31.9 Å². The number of hydrogen-bond acceptors (Lipinski definition) is 4. The van der Waals surface area contributed by atoms with Crippen molar-refractivity contribution in [2.45, 2.75) is 27.7 Å². The lowest BCUT2D eigenvalue weighted by molar-refractivity contribution is -0.132. The number of carbonyl (C=O) groups is 2. The Balaban J connectivity index is 2.73. The molecule has 0 radical (unpaired) electrons. The van der Waals surface area contributed by atoms with Crippen LogP contribution in [-0.4, -0.2) is 11.9 Å². The van der Waals surface area contributed by atoms with Crippen molar-refractivity contribution < 1.29 is 19.1 Å². The smallest absolute Gasteiger partial charge is 0.338 e. The summed E-state index contributed by atoms with van der Waals surface area (Å²) in [5.74, 6) is 0.0972. The topological polar surface area (TPSA) is 52.6 Å². The van der Waals surface area contributed by atoms with Gasteiger partial charge in [0.25, 0.3) is 0 Å². The fraction of sp³-hybridized carbons (Fsp3) is 0.222. The highest BCUT2D eigenvalue weighted by atomic mass is 16.5. The molecule has 0 unspecified atom stereocenters. The molecular weight excluding hydrogens is 280 g/mol. The first-order chi connectivity index (χ1) is 10.3. The summed E-state index contributed by atoms with van der Waals surface area (Å²) in [5.41, 5.74) is 1.84. The molecule has 2 rings (SSSR count). The third-order valence-corrected chi connectivity index (χ3v) is 3.45. The van der Waals surface area contributed by atoms with Gasteiger partial charge < -0.3 is 9.47 Å². The minimum atomic E-state index is -0.479. The first kappa shape index (κ1) is 15.8. The molecule has 0 atom stereocenters. The molecule has 0 saturated heterocycles. The van der Waals surface area contributed by atoms with Gasteiger partial charge in [-0.25, -0.2) is 4.79 Å². The molecule has 0 spiro atoms. The lowest BCUT2D eigenvalue weighted by Crippen LogP contribution is -2.11. The van der Waals surface area contributed by atoms with Crippen LogP contribution < -0.4 is 9.47 Å². The number of ether oxygens (including phenoxy) is 2. The molecule has 0 N–H and O–H groups in total. The number of fused-ring (bicyclic) bond motifs is 1. The SMILES string of the molecule is C=C(C)C(=O)Oc1c(C)c(C)c(OC(C)=O)c2ccccc12. The first-order valence-corrected chi connectivity index (χ1v) is 6.91. The summed E-state index contributed by atoms with van der Waals surface area (Å²) in [6.07, 6.45) is 0. The molecule has 0 saturated carbocycles. The standard InChI is InChI=1S/C18H18O4/c1-10(2)18(20)22-17-12(4)11(3)16(21-13(5)19)14-8-6-7-9-15(14)17/h6-9H,1H2,2-5H3. The van der Waals surface area contributed by atoms with Crippen LogP contribution in [-0.2, 0) is 9.59 Å². The van der Waals surface area contributed by atoms with Crippen molar-refractivity contribution in [3.05, 3.63) is 47.5 Å². The second-order valence-electron chi connectivity index (χ2n) is 5.22. The second kappa shape index (κ2) is 6.02. The molecule has 0 bridgehead atoms. The highest BCUT2D eigenvalue weighted by Crippen LogP contribution is 2.40. The van der Waals surface area contributed by atoms with Crippen molar-refractivity contribution in [1.82, 2.24) is 0 Å². The van der Waals surface area contributed by atoms with Gasteiger partial charge in [0.2, 0.25) is 0 Å². The van der Waals surface area contributed by atoms with Gasteiger partial charge in [0.15, 0.2) is 0 Å². The summed E-state index contributed by atoms with van der Waals surface area (Å²) in [7, 11) is 0.